The summed E-state index contributed by atoms with van der Waals surface area (Å²) in [6, 6.07) is 4.15. The highest BCUT2D eigenvalue weighted by Crippen LogP contribution is 2.23. The highest BCUT2D eigenvalue weighted by molar-refractivity contribution is 6.18. The molecule has 0 saturated heterocycles. The van der Waals surface area contributed by atoms with E-state index in [2.05, 4.69) is 22.1 Å². The van der Waals surface area contributed by atoms with Crippen molar-refractivity contribution in [2.45, 2.75) is 52.1 Å². The fourth-order valence-electron chi connectivity index (χ4n) is 3.64. The highest BCUT2D eigenvalue weighted by atomic mass is 35.5. The van der Waals surface area contributed by atoms with Gasteiger partial charge < -0.3 is 25.6 Å². The van der Waals surface area contributed by atoms with E-state index in [9.17, 15) is 14.7 Å². The number of imidazole rings is 1. The number of carbonyl (C=O) groups excluding carboxylic acids is 1. The lowest BCUT2D eigenvalue weighted by atomic mass is 10.0. The second kappa shape index (κ2) is 11.3. The number of carboxylic acids is 1. The van der Waals surface area contributed by atoms with Crippen molar-refractivity contribution in [1.82, 2.24) is 14.9 Å². The summed E-state index contributed by atoms with van der Waals surface area (Å²) < 4.78 is 1.86. The van der Waals surface area contributed by atoms with Crippen molar-refractivity contribution in [1.29, 1.82) is 0 Å². The molecule has 0 bridgehead atoms. The highest BCUT2D eigenvalue weighted by Gasteiger charge is 2.26. The van der Waals surface area contributed by atoms with E-state index in [0.717, 1.165) is 36.2 Å². The van der Waals surface area contributed by atoms with Crippen LogP contribution >= 0.6 is 11.6 Å². The number of nitrogens with zero attached hydrogens (tertiary/aromatic N) is 3. The number of nitrogens with two attached hydrogens (primary N) is 1. The minimum atomic E-state index is -1.12. The Balaban J connectivity index is 2.24. The minimum absolute atomic E-state index is 0.0658. The maximum absolute atomic E-state index is 12.3. The second-order valence-electron chi connectivity index (χ2n) is 8.28. The minimum Gasteiger partial charge on any atom is -0.480 e. The number of aliphatic carboxylic acids is 1. The third kappa shape index (κ3) is 6.58. The van der Waals surface area contributed by atoms with Crippen molar-refractivity contribution >= 4 is 40.2 Å². The third-order valence-electron chi connectivity index (χ3n) is 5.23. The van der Waals surface area contributed by atoms with E-state index in [-0.39, 0.29) is 12.3 Å². The molecule has 8 nitrogen and oxygen atoms in total. The fraction of sp³-hybridized carbons (Fsp3) is 0.591. The third-order valence-corrected chi connectivity index (χ3v) is 5.40. The number of benzene rings is 1. The number of aromatic nitrogens is 2. The molecule has 0 aliphatic carbocycles. The van der Waals surface area contributed by atoms with Gasteiger partial charge in [0.25, 0.3) is 0 Å². The molecule has 4 N–H and O–H groups in total. The molecule has 2 rings (SSSR count). The number of aryl methyl sites for hydroxylation is 1. The van der Waals surface area contributed by atoms with Crippen LogP contribution in [-0.2, 0) is 23.1 Å². The number of alkyl halides is 1. The molecule has 2 aromatic rings. The molecule has 0 saturated carbocycles. The summed E-state index contributed by atoms with van der Waals surface area (Å²) in [4.78, 5) is 31.0. The van der Waals surface area contributed by atoms with Crippen LogP contribution in [0.5, 0.6) is 0 Å². The summed E-state index contributed by atoms with van der Waals surface area (Å²) in [6.07, 6.45) is 1.56. The quantitative estimate of drug-likeness (QED) is 0.427. The number of amides is 1. The van der Waals surface area contributed by atoms with E-state index in [0.29, 0.717) is 18.1 Å². The molecule has 9 heteroatoms. The van der Waals surface area contributed by atoms with Gasteiger partial charge >= 0.3 is 5.97 Å². The standard InChI is InChI=1S/C22H34ClN5O3/c1-5-9-28(10-8-23)15-6-7-19-17(12-15)25-20(27(19)4)13-18(22(30)31)26-21(29)16(24)11-14(2)3/h6-7,12,14,16,18H,5,8-11,13,24H2,1-4H3,(H,26,29)(H,30,31)/t16-,18-/m0/s1. The van der Waals surface area contributed by atoms with E-state index in [1.165, 1.54) is 0 Å². The normalized spacial score (nSPS) is 13.4. The Labute approximate surface area is 188 Å². The van der Waals surface area contributed by atoms with Gasteiger partial charge in [-0.05, 0) is 37.0 Å². The van der Waals surface area contributed by atoms with Gasteiger partial charge in [-0.25, -0.2) is 9.78 Å². The van der Waals surface area contributed by atoms with Gasteiger partial charge in [-0.3, -0.25) is 4.79 Å². The van der Waals surface area contributed by atoms with Gasteiger partial charge in [-0.2, -0.15) is 0 Å². The molecule has 0 fully saturated rings. The molecule has 2 atom stereocenters. The van der Waals surface area contributed by atoms with E-state index in [1.54, 1.807) is 0 Å². The SMILES string of the molecule is CCCN(CCCl)c1ccc2c(c1)nc(C[C@H](NC(=O)[C@@H](N)CC(C)C)C(=O)O)n2C. The lowest BCUT2D eigenvalue weighted by Crippen LogP contribution is -2.49. The lowest BCUT2D eigenvalue weighted by Gasteiger charge is -2.23. The van der Waals surface area contributed by atoms with Crippen LogP contribution in [0.25, 0.3) is 11.0 Å². The first kappa shape index (κ1) is 24.9. The Hall–Kier alpha value is -2.32. The van der Waals surface area contributed by atoms with Crippen molar-refractivity contribution in [3.8, 4) is 0 Å². The molecule has 0 radical (unpaired) electrons. The summed E-state index contributed by atoms with van der Waals surface area (Å²) in [5.74, 6) is -0.224. The van der Waals surface area contributed by atoms with Crippen molar-refractivity contribution < 1.29 is 14.7 Å². The second-order valence-corrected chi connectivity index (χ2v) is 8.65. The van der Waals surface area contributed by atoms with Gasteiger partial charge in [-0.15, -0.1) is 11.6 Å². The van der Waals surface area contributed by atoms with Crippen molar-refractivity contribution in [3.05, 3.63) is 24.0 Å². The fourth-order valence-corrected chi connectivity index (χ4v) is 3.84. The van der Waals surface area contributed by atoms with Gasteiger partial charge in [0.2, 0.25) is 5.91 Å². The first-order valence-corrected chi connectivity index (χ1v) is 11.3. The number of halogens is 1. The van der Waals surface area contributed by atoms with Crippen LogP contribution in [0.1, 0.15) is 39.4 Å². The summed E-state index contributed by atoms with van der Waals surface area (Å²) >= 11 is 5.95. The maximum atomic E-state index is 12.3. The van der Waals surface area contributed by atoms with Crippen LogP contribution < -0.4 is 16.0 Å². The molecule has 0 spiro atoms. The maximum Gasteiger partial charge on any atom is 0.326 e. The zero-order chi connectivity index (χ0) is 23.1. The van der Waals surface area contributed by atoms with Crippen LogP contribution in [0.4, 0.5) is 5.69 Å². The van der Waals surface area contributed by atoms with Crippen LogP contribution in [-0.4, -0.2) is 57.6 Å². The number of fused-ring (bicyclic) bond motifs is 1. The number of nitrogens with one attached hydrogen (secondary N) is 1. The van der Waals surface area contributed by atoms with Gasteiger partial charge in [0.15, 0.2) is 0 Å². The van der Waals surface area contributed by atoms with E-state index >= 15 is 0 Å². The van der Waals surface area contributed by atoms with Crippen LogP contribution in [0, 0.1) is 5.92 Å². The number of carbonyl (C=O) groups is 2. The number of hydrogen-bond donors (Lipinski definition) is 3. The Morgan fingerprint density at radius 2 is 2.03 bits per heavy atom. The first-order valence-electron chi connectivity index (χ1n) is 10.7. The molecule has 1 heterocycles. The van der Waals surface area contributed by atoms with Crippen LogP contribution in [0.3, 0.4) is 0 Å². The molecule has 172 valence electrons. The molecule has 1 aromatic carbocycles. The molecule has 1 amide bonds. The average molecular weight is 452 g/mol. The molecule has 31 heavy (non-hydrogen) atoms. The first-order chi connectivity index (χ1) is 14.7. The monoisotopic (exact) mass is 451 g/mol. The number of hydrogen-bond acceptors (Lipinski definition) is 5. The predicted octanol–water partition coefficient (Wildman–Crippen LogP) is 2.51. The molecular formula is C22H34ClN5O3. The molecular weight excluding hydrogens is 418 g/mol. The van der Waals surface area contributed by atoms with Crippen LogP contribution in [0.2, 0.25) is 0 Å². The Morgan fingerprint density at radius 3 is 2.61 bits per heavy atom. The largest absolute Gasteiger partial charge is 0.480 e. The topological polar surface area (TPSA) is 113 Å². The van der Waals surface area contributed by atoms with Crippen molar-refractivity contribution in [2.75, 3.05) is 23.9 Å². The molecule has 0 aliphatic heterocycles. The Morgan fingerprint density at radius 1 is 1.32 bits per heavy atom. The number of anilines is 1. The lowest BCUT2D eigenvalue weighted by molar-refractivity contribution is -0.142. The molecule has 1 aromatic heterocycles. The summed E-state index contributed by atoms with van der Waals surface area (Å²) in [5.41, 5.74) is 8.61. The molecule has 0 aliphatic rings. The average Bonchev–Trinajstić information content (AvgIpc) is 3.01. The zero-order valence-electron chi connectivity index (χ0n) is 18.8. The van der Waals surface area contributed by atoms with Gasteiger partial charge in [-0.1, -0.05) is 20.8 Å². The van der Waals surface area contributed by atoms with Gasteiger partial charge in [0.05, 0.1) is 17.1 Å². The van der Waals surface area contributed by atoms with E-state index in [1.807, 2.05) is 43.7 Å². The van der Waals surface area contributed by atoms with E-state index < -0.39 is 24.0 Å². The summed E-state index contributed by atoms with van der Waals surface area (Å²) in [5, 5.41) is 12.2. The van der Waals surface area contributed by atoms with E-state index in [4.69, 9.17) is 17.3 Å². The summed E-state index contributed by atoms with van der Waals surface area (Å²) in [7, 11) is 1.85. The number of carboxylic acid groups (broad SMARTS) is 1. The predicted molar refractivity (Wildman–Crippen MR) is 125 cm³/mol. The Bertz CT molecular complexity index is 893. The summed E-state index contributed by atoms with van der Waals surface area (Å²) in [6.45, 7) is 7.67. The Kier molecular flexibility index (Phi) is 9.13. The smallest absolute Gasteiger partial charge is 0.326 e. The van der Waals surface area contributed by atoms with Gasteiger partial charge in [0.1, 0.15) is 11.9 Å². The molecule has 0 unspecified atom stereocenters. The number of rotatable bonds is 12. The zero-order valence-corrected chi connectivity index (χ0v) is 19.5. The van der Waals surface area contributed by atoms with Crippen molar-refractivity contribution in [2.24, 2.45) is 18.7 Å². The van der Waals surface area contributed by atoms with Crippen LogP contribution in [0.15, 0.2) is 18.2 Å². The van der Waals surface area contributed by atoms with Gasteiger partial charge in [0, 0.05) is 38.1 Å². The van der Waals surface area contributed by atoms with Crippen molar-refractivity contribution in [3.63, 3.8) is 0 Å².